The number of hydrogen-bond donors (Lipinski definition) is 0. The fourth-order valence-corrected chi connectivity index (χ4v) is 3.95. The van der Waals surface area contributed by atoms with Gasteiger partial charge in [0.25, 0.3) is 11.8 Å². The summed E-state index contributed by atoms with van der Waals surface area (Å²) in [6, 6.07) is 10.7. The van der Waals surface area contributed by atoms with Gasteiger partial charge in [-0.1, -0.05) is 12.1 Å². The monoisotopic (exact) mass is 455 g/mol. The molecule has 0 N–H and O–H groups in total. The lowest BCUT2D eigenvalue weighted by atomic mass is 10.2. The van der Waals surface area contributed by atoms with Crippen LogP contribution in [0.3, 0.4) is 0 Å². The second-order valence-corrected chi connectivity index (χ2v) is 8.16. The maximum Gasteiger partial charge on any atom is 0.289 e. The number of ether oxygens (including phenoxy) is 2. The zero-order chi connectivity index (χ0) is 23.2. The van der Waals surface area contributed by atoms with Gasteiger partial charge in [-0.3, -0.25) is 14.4 Å². The minimum atomic E-state index is -0.160. The maximum atomic E-state index is 12.8. The number of methoxy groups -OCH3 is 1. The summed E-state index contributed by atoms with van der Waals surface area (Å²) >= 11 is 0. The van der Waals surface area contributed by atoms with E-state index in [4.69, 9.17) is 13.9 Å². The quantitative estimate of drug-likeness (QED) is 0.575. The Hall–Kier alpha value is -3.49. The van der Waals surface area contributed by atoms with E-state index >= 15 is 0 Å². The molecule has 1 aromatic heterocycles. The van der Waals surface area contributed by atoms with Crippen LogP contribution in [0.15, 0.2) is 47.1 Å². The summed E-state index contributed by atoms with van der Waals surface area (Å²) in [6.45, 7) is 2.13. The average molecular weight is 456 g/mol. The number of furan rings is 1. The molecule has 1 aromatic carbocycles. The van der Waals surface area contributed by atoms with E-state index in [-0.39, 0.29) is 36.8 Å². The Morgan fingerprint density at radius 3 is 2.33 bits per heavy atom. The second-order valence-electron chi connectivity index (χ2n) is 8.16. The highest BCUT2D eigenvalue weighted by atomic mass is 16.5. The Morgan fingerprint density at radius 1 is 1.00 bits per heavy atom. The molecule has 1 saturated carbocycles. The van der Waals surface area contributed by atoms with Gasteiger partial charge in [0.15, 0.2) is 23.9 Å². The number of carbonyl (C=O) groups excluding carboxylic acids is 3. The SMILES string of the molecule is COc1ccccc1OCC(=O)N(CCC(=O)N1CCN(C(=O)c2ccco2)CC1)C1CC1. The van der Waals surface area contributed by atoms with Gasteiger partial charge < -0.3 is 28.6 Å². The Bertz CT molecular complexity index is 964. The summed E-state index contributed by atoms with van der Waals surface area (Å²) in [5.41, 5.74) is 0. The summed E-state index contributed by atoms with van der Waals surface area (Å²) in [4.78, 5) is 43.1. The molecular formula is C24H29N3O6. The molecule has 9 nitrogen and oxygen atoms in total. The molecule has 1 aliphatic carbocycles. The molecule has 1 saturated heterocycles. The first kappa shape index (κ1) is 22.7. The predicted molar refractivity (Wildman–Crippen MR) is 119 cm³/mol. The number of piperazine rings is 1. The Balaban J connectivity index is 1.24. The van der Waals surface area contributed by atoms with Crippen molar-refractivity contribution in [3.05, 3.63) is 48.4 Å². The topological polar surface area (TPSA) is 92.5 Å². The van der Waals surface area contributed by atoms with Crippen molar-refractivity contribution in [2.24, 2.45) is 0 Å². The predicted octanol–water partition coefficient (Wildman–Crippen LogP) is 2.03. The Labute approximate surface area is 192 Å². The molecule has 0 atom stereocenters. The number of benzene rings is 1. The van der Waals surface area contributed by atoms with Crippen LogP contribution in [0.25, 0.3) is 0 Å². The zero-order valence-corrected chi connectivity index (χ0v) is 18.8. The van der Waals surface area contributed by atoms with Gasteiger partial charge in [0.2, 0.25) is 5.91 Å². The van der Waals surface area contributed by atoms with Crippen molar-refractivity contribution in [2.75, 3.05) is 46.4 Å². The lowest BCUT2D eigenvalue weighted by Gasteiger charge is -2.34. The molecule has 3 amide bonds. The van der Waals surface area contributed by atoms with E-state index < -0.39 is 0 Å². The van der Waals surface area contributed by atoms with Gasteiger partial charge >= 0.3 is 0 Å². The first-order chi connectivity index (χ1) is 16.1. The average Bonchev–Trinajstić information content (AvgIpc) is 3.54. The summed E-state index contributed by atoms with van der Waals surface area (Å²) in [7, 11) is 1.55. The Morgan fingerprint density at radius 2 is 1.70 bits per heavy atom. The standard InChI is InChI=1S/C24H29N3O6/c1-31-19-5-2-3-6-20(19)33-17-23(29)27(18-8-9-18)11-10-22(28)25-12-14-26(15-13-25)24(30)21-7-4-16-32-21/h2-7,16,18H,8-15,17H2,1H3. The van der Waals surface area contributed by atoms with Gasteiger partial charge in [-0.25, -0.2) is 0 Å². The molecule has 2 fully saturated rings. The van der Waals surface area contributed by atoms with Crippen molar-refractivity contribution in [3.63, 3.8) is 0 Å². The van der Waals surface area contributed by atoms with Gasteiger partial charge in [0.05, 0.1) is 13.4 Å². The van der Waals surface area contributed by atoms with E-state index in [0.29, 0.717) is 50.0 Å². The van der Waals surface area contributed by atoms with Crippen LogP contribution >= 0.6 is 0 Å². The van der Waals surface area contributed by atoms with Crippen molar-refractivity contribution >= 4 is 17.7 Å². The number of hydrogen-bond acceptors (Lipinski definition) is 6. The first-order valence-electron chi connectivity index (χ1n) is 11.2. The normalized spacial score (nSPS) is 15.8. The lowest BCUT2D eigenvalue weighted by Crippen LogP contribution is -2.51. The summed E-state index contributed by atoms with van der Waals surface area (Å²) in [6.07, 6.45) is 3.62. The number of amides is 3. The number of para-hydroxylation sites is 2. The third kappa shape index (κ3) is 5.66. The smallest absolute Gasteiger partial charge is 0.289 e. The van der Waals surface area contributed by atoms with Crippen LogP contribution in [0.4, 0.5) is 0 Å². The van der Waals surface area contributed by atoms with E-state index in [9.17, 15) is 14.4 Å². The third-order valence-electron chi connectivity index (χ3n) is 5.95. The largest absolute Gasteiger partial charge is 0.493 e. The van der Waals surface area contributed by atoms with Crippen molar-refractivity contribution in [2.45, 2.75) is 25.3 Å². The highest BCUT2D eigenvalue weighted by molar-refractivity contribution is 5.91. The van der Waals surface area contributed by atoms with Crippen molar-refractivity contribution in [3.8, 4) is 11.5 Å². The highest BCUT2D eigenvalue weighted by Crippen LogP contribution is 2.29. The van der Waals surface area contributed by atoms with Crippen LogP contribution in [0, 0.1) is 0 Å². The molecule has 2 heterocycles. The maximum absolute atomic E-state index is 12.8. The first-order valence-corrected chi connectivity index (χ1v) is 11.2. The van der Waals surface area contributed by atoms with Crippen molar-refractivity contribution in [1.82, 2.24) is 14.7 Å². The van der Waals surface area contributed by atoms with E-state index in [1.54, 1.807) is 46.1 Å². The number of carbonyl (C=O) groups is 3. The lowest BCUT2D eigenvalue weighted by molar-refractivity contribution is -0.136. The van der Waals surface area contributed by atoms with E-state index in [0.717, 1.165) is 12.8 Å². The molecule has 0 radical (unpaired) electrons. The van der Waals surface area contributed by atoms with Gasteiger partial charge in [-0.05, 0) is 37.1 Å². The molecule has 2 aliphatic rings. The van der Waals surface area contributed by atoms with E-state index in [1.807, 2.05) is 12.1 Å². The molecular weight excluding hydrogens is 426 g/mol. The minimum absolute atomic E-state index is 0.0100. The van der Waals surface area contributed by atoms with Crippen LogP contribution in [-0.2, 0) is 9.59 Å². The van der Waals surface area contributed by atoms with Gasteiger partial charge in [-0.2, -0.15) is 0 Å². The molecule has 4 rings (SSSR count). The molecule has 2 aromatic rings. The summed E-state index contributed by atoms with van der Waals surface area (Å²) in [5.74, 6) is 1.09. The van der Waals surface area contributed by atoms with Crippen LogP contribution in [0.5, 0.6) is 11.5 Å². The molecule has 0 unspecified atom stereocenters. The summed E-state index contributed by atoms with van der Waals surface area (Å²) < 4.78 is 16.1. The van der Waals surface area contributed by atoms with Crippen LogP contribution in [-0.4, -0.2) is 84.9 Å². The van der Waals surface area contributed by atoms with Crippen LogP contribution in [0.1, 0.15) is 29.8 Å². The molecule has 0 spiro atoms. The number of rotatable bonds is 9. The molecule has 0 bridgehead atoms. The van der Waals surface area contributed by atoms with Crippen LogP contribution < -0.4 is 9.47 Å². The van der Waals surface area contributed by atoms with Gasteiger partial charge in [0.1, 0.15) is 0 Å². The number of nitrogens with zero attached hydrogens (tertiary/aromatic N) is 3. The Kier molecular flexibility index (Phi) is 7.16. The third-order valence-corrected chi connectivity index (χ3v) is 5.95. The van der Waals surface area contributed by atoms with Crippen LogP contribution in [0.2, 0.25) is 0 Å². The minimum Gasteiger partial charge on any atom is -0.493 e. The van der Waals surface area contributed by atoms with E-state index in [1.165, 1.54) is 6.26 Å². The zero-order valence-electron chi connectivity index (χ0n) is 18.8. The molecule has 176 valence electrons. The summed E-state index contributed by atoms with van der Waals surface area (Å²) in [5, 5.41) is 0. The van der Waals surface area contributed by atoms with Crippen molar-refractivity contribution in [1.29, 1.82) is 0 Å². The molecule has 9 heteroatoms. The molecule has 33 heavy (non-hydrogen) atoms. The van der Waals surface area contributed by atoms with Gasteiger partial charge in [-0.15, -0.1) is 0 Å². The fraction of sp³-hybridized carbons (Fsp3) is 0.458. The molecule has 1 aliphatic heterocycles. The van der Waals surface area contributed by atoms with E-state index in [2.05, 4.69) is 0 Å². The fourth-order valence-electron chi connectivity index (χ4n) is 3.95. The highest BCUT2D eigenvalue weighted by Gasteiger charge is 2.34. The second kappa shape index (κ2) is 10.4. The van der Waals surface area contributed by atoms with Gasteiger partial charge in [0, 0.05) is 45.2 Å². The van der Waals surface area contributed by atoms with Crippen molar-refractivity contribution < 1.29 is 28.3 Å².